The van der Waals surface area contributed by atoms with Crippen LogP contribution >= 0.6 is 11.6 Å². The van der Waals surface area contributed by atoms with E-state index in [0.29, 0.717) is 5.88 Å². The Morgan fingerprint density at radius 3 is 1.50 bits per heavy atom. The Labute approximate surface area is 163 Å². The van der Waals surface area contributed by atoms with Gasteiger partial charge < -0.3 is 22.0 Å². The maximum atomic E-state index is 9.65. The maximum absolute atomic E-state index is 9.65. The molecule has 0 aliphatic heterocycles. The zero-order chi connectivity index (χ0) is 17.4. The maximum Gasteiger partial charge on any atom is 0.116 e. The number of likely N-dealkylation sites (N-methyl/N-ethyl adjacent to an activating group) is 1. The summed E-state index contributed by atoms with van der Waals surface area (Å²) in [5, 5.41) is 9.65. The lowest BCUT2D eigenvalue weighted by molar-refractivity contribution is -0.893. The van der Waals surface area contributed by atoms with Gasteiger partial charge in [-0.3, -0.25) is 0 Å². The molecule has 0 amide bonds. The minimum atomic E-state index is -0.367. The second kappa shape index (κ2) is 18.3. The average Bonchev–Trinajstić information content (AvgIpc) is 2.51. The number of rotatable bonds is 17. The number of quaternary nitrogens is 1. The van der Waals surface area contributed by atoms with Crippen molar-refractivity contribution in [2.24, 2.45) is 0 Å². The zero-order valence-electron chi connectivity index (χ0n) is 16.5. The number of hydrogen-bond acceptors (Lipinski definition) is 1. The third-order valence-electron chi connectivity index (χ3n) is 4.75. The van der Waals surface area contributed by atoms with E-state index >= 15 is 0 Å². The Morgan fingerprint density at radius 1 is 0.750 bits per heavy atom. The lowest BCUT2D eigenvalue weighted by atomic mass is 10.0. The monoisotopic (exact) mass is 383 g/mol. The van der Waals surface area contributed by atoms with Gasteiger partial charge in [-0.05, 0) is 12.8 Å². The molecule has 0 spiro atoms. The average molecular weight is 384 g/mol. The summed E-state index contributed by atoms with van der Waals surface area (Å²) in [6, 6.07) is 0. The smallest absolute Gasteiger partial charge is 0.116 e. The van der Waals surface area contributed by atoms with Gasteiger partial charge >= 0.3 is 0 Å². The Bertz CT molecular complexity index is 250. The lowest BCUT2D eigenvalue weighted by Gasteiger charge is -2.31. The summed E-state index contributed by atoms with van der Waals surface area (Å²) < 4.78 is 0.881. The molecule has 4 heteroatoms. The van der Waals surface area contributed by atoms with Crippen LogP contribution < -0.4 is 12.4 Å². The molecule has 1 atom stereocenters. The van der Waals surface area contributed by atoms with Crippen LogP contribution in [-0.4, -0.2) is 48.8 Å². The van der Waals surface area contributed by atoms with E-state index in [2.05, 4.69) is 21.0 Å². The first-order valence-electron chi connectivity index (χ1n) is 10.1. The SMILES string of the molecule is CCCCCCCCCCCCCCC[N+](C)(C)CC(O)CCl.[Cl-]. The van der Waals surface area contributed by atoms with Crippen LogP contribution in [0.4, 0.5) is 0 Å². The predicted molar refractivity (Wildman–Crippen MR) is 104 cm³/mol. The molecule has 24 heavy (non-hydrogen) atoms. The Hall–Kier alpha value is 0.500. The quantitative estimate of drug-likeness (QED) is 0.232. The van der Waals surface area contributed by atoms with Crippen LogP contribution in [0.15, 0.2) is 0 Å². The van der Waals surface area contributed by atoms with Gasteiger partial charge in [0.2, 0.25) is 0 Å². The van der Waals surface area contributed by atoms with Crippen molar-refractivity contribution in [3.05, 3.63) is 0 Å². The number of unbranched alkanes of at least 4 members (excludes halogenated alkanes) is 12. The normalized spacial score (nSPS) is 12.9. The fourth-order valence-corrected chi connectivity index (χ4v) is 3.37. The molecule has 0 radical (unpaired) electrons. The van der Waals surface area contributed by atoms with E-state index in [9.17, 15) is 5.11 Å². The van der Waals surface area contributed by atoms with Crippen LogP contribution in [0.25, 0.3) is 0 Å². The summed E-state index contributed by atoms with van der Waals surface area (Å²) in [6.07, 6.45) is 17.8. The first kappa shape index (κ1) is 26.7. The summed E-state index contributed by atoms with van der Waals surface area (Å²) in [5.74, 6) is 0.348. The molecule has 0 aromatic heterocycles. The fourth-order valence-electron chi connectivity index (χ4n) is 3.27. The van der Waals surface area contributed by atoms with Crippen molar-refractivity contribution in [3.63, 3.8) is 0 Å². The minimum Gasteiger partial charge on any atom is -1.00 e. The van der Waals surface area contributed by atoms with Crippen molar-refractivity contribution in [1.82, 2.24) is 0 Å². The third-order valence-corrected chi connectivity index (χ3v) is 5.11. The molecule has 0 bridgehead atoms. The van der Waals surface area contributed by atoms with Crippen LogP contribution in [0, 0.1) is 0 Å². The van der Waals surface area contributed by atoms with Crippen molar-refractivity contribution in [3.8, 4) is 0 Å². The number of alkyl halides is 1. The highest BCUT2D eigenvalue weighted by molar-refractivity contribution is 6.18. The number of aliphatic hydroxyl groups is 1. The summed E-state index contributed by atoms with van der Waals surface area (Å²) in [6.45, 7) is 4.19. The Balaban J connectivity index is 0. The molecule has 148 valence electrons. The van der Waals surface area contributed by atoms with Gasteiger partial charge in [-0.1, -0.05) is 77.6 Å². The molecule has 0 aromatic rings. The van der Waals surface area contributed by atoms with Crippen molar-refractivity contribution in [1.29, 1.82) is 0 Å². The first-order chi connectivity index (χ1) is 11.0. The summed E-state index contributed by atoms with van der Waals surface area (Å²) >= 11 is 5.68. The Kier molecular flexibility index (Phi) is 20.4. The molecule has 0 heterocycles. The van der Waals surface area contributed by atoms with Gasteiger partial charge in [0.05, 0.1) is 26.5 Å². The molecule has 0 fully saturated rings. The van der Waals surface area contributed by atoms with Crippen molar-refractivity contribution in [2.75, 3.05) is 33.1 Å². The standard InChI is InChI=1S/C20H43ClNO.ClH/c1-4-5-6-7-8-9-10-11-12-13-14-15-16-17-22(2,3)19-20(23)18-21;/h20,23H,4-19H2,1-3H3;1H/q+1;/p-1. The van der Waals surface area contributed by atoms with E-state index in [-0.39, 0.29) is 18.5 Å². The van der Waals surface area contributed by atoms with Crippen molar-refractivity contribution >= 4 is 11.6 Å². The molecular formula is C20H43Cl2NO. The van der Waals surface area contributed by atoms with E-state index in [1.807, 2.05) is 0 Å². The highest BCUT2D eigenvalue weighted by Crippen LogP contribution is 2.13. The van der Waals surface area contributed by atoms with Gasteiger partial charge in [0, 0.05) is 0 Å². The Morgan fingerprint density at radius 2 is 1.12 bits per heavy atom. The predicted octanol–water partition coefficient (Wildman–Crippen LogP) is 2.76. The van der Waals surface area contributed by atoms with Gasteiger partial charge in [-0.25, -0.2) is 0 Å². The zero-order valence-corrected chi connectivity index (χ0v) is 18.1. The molecule has 0 aliphatic carbocycles. The summed E-state index contributed by atoms with van der Waals surface area (Å²) in [4.78, 5) is 0. The van der Waals surface area contributed by atoms with Gasteiger partial charge in [-0.15, -0.1) is 11.6 Å². The first-order valence-corrected chi connectivity index (χ1v) is 10.6. The largest absolute Gasteiger partial charge is 1.00 e. The third kappa shape index (κ3) is 18.8. The van der Waals surface area contributed by atoms with E-state index in [1.54, 1.807) is 0 Å². The highest BCUT2D eigenvalue weighted by Gasteiger charge is 2.19. The fraction of sp³-hybridized carbons (Fsp3) is 1.00. The van der Waals surface area contributed by atoms with Gasteiger partial charge in [0.15, 0.2) is 0 Å². The number of aliphatic hydroxyl groups excluding tert-OH is 1. The van der Waals surface area contributed by atoms with Gasteiger partial charge in [0.1, 0.15) is 12.6 Å². The highest BCUT2D eigenvalue weighted by atomic mass is 35.5. The molecular weight excluding hydrogens is 341 g/mol. The number of hydrogen-bond donors (Lipinski definition) is 1. The molecule has 1 unspecified atom stereocenters. The second-order valence-corrected chi connectivity index (χ2v) is 8.20. The van der Waals surface area contributed by atoms with Crippen molar-refractivity contribution < 1.29 is 22.0 Å². The summed E-state index contributed by atoms with van der Waals surface area (Å²) in [5.41, 5.74) is 0. The number of nitrogens with zero attached hydrogens (tertiary/aromatic N) is 1. The van der Waals surface area contributed by atoms with Crippen LogP contribution in [0.3, 0.4) is 0 Å². The topological polar surface area (TPSA) is 20.2 Å². The molecule has 1 N–H and O–H groups in total. The molecule has 0 saturated carbocycles. The molecule has 2 nitrogen and oxygen atoms in total. The minimum absolute atomic E-state index is 0. The lowest BCUT2D eigenvalue weighted by Crippen LogP contribution is -3.00. The van der Waals surface area contributed by atoms with E-state index < -0.39 is 0 Å². The molecule has 0 rings (SSSR count). The molecule has 0 aliphatic rings. The van der Waals surface area contributed by atoms with E-state index in [0.717, 1.165) is 17.6 Å². The van der Waals surface area contributed by atoms with Gasteiger partial charge in [0.25, 0.3) is 0 Å². The van der Waals surface area contributed by atoms with Crippen LogP contribution in [-0.2, 0) is 0 Å². The van der Waals surface area contributed by atoms with Gasteiger partial charge in [-0.2, -0.15) is 0 Å². The second-order valence-electron chi connectivity index (χ2n) is 7.89. The summed E-state index contributed by atoms with van der Waals surface area (Å²) in [7, 11) is 4.38. The van der Waals surface area contributed by atoms with E-state index in [1.165, 1.54) is 83.5 Å². The van der Waals surface area contributed by atoms with Crippen LogP contribution in [0.5, 0.6) is 0 Å². The van der Waals surface area contributed by atoms with Crippen molar-refractivity contribution in [2.45, 2.75) is 96.5 Å². The molecule has 0 saturated heterocycles. The molecule has 0 aromatic carbocycles. The van der Waals surface area contributed by atoms with Crippen LogP contribution in [0.1, 0.15) is 90.4 Å². The number of halogens is 2. The van der Waals surface area contributed by atoms with Crippen LogP contribution in [0.2, 0.25) is 0 Å². The van der Waals surface area contributed by atoms with E-state index in [4.69, 9.17) is 11.6 Å².